The summed E-state index contributed by atoms with van der Waals surface area (Å²) in [5, 5.41) is 12.0. The molecule has 6 nitrogen and oxygen atoms in total. The van der Waals surface area contributed by atoms with E-state index in [1.54, 1.807) is 14.2 Å². The maximum absolute atomic E-state index is 8.70. The molecule has 0 amide bonds. The third kappa shape index (κ3) is 3.57. The maximum Gasteiger partial charge on any atom is 0.224 e. The smallest absolute Gasteiger partial charge is 0.224 e. The first-order valence-corrected chi connectivity index (χ1v) is 5.78. The third-order valence-corrected chi connectivity index (χ3v) is 2.65. The SMILES string of the molecule is CCC(CC#N)NCc1c(OC)ncnc1OC. The van der Waals surface area contributed by atoms with Crippen molar-refractivity contribution in [2.75, 3.05) is 14.2 Å². The molecule has 0 saturated carbocycles. The molecular weight excluding hydrogens is 232 g/mol. The highest BCUT2D eigenvalue weighted by molar-refractivity contribution is 5.34. The summed E-state index contributed by atoms with van der Waals surface area (Å²) in [5.74, 6) is 0.974. The normalized spacial score (nSPS) is 11.7. The van der Waals surface area contributed by atoms with Gasteiger partial charge >= 0.3 is 0 Å². The quantitative estimate of drug-likeness (QED) is 0.785. The molecular formula is C12H18N4O2. The fraction of sp³-hybridized carbons (Fsp3) is 0.583. The van der Waals surface area contributed by atoms with Crippen LogP contribution in [0.3, 0.4) is 0 Å². The van der Waals surface area contributed by atoms with Gasteiger partial charge in [0.25, 0.3) is 0 Å². The van der Waals surface area contributed by atoms with E-state index in [2.05, 4.69) is 21.4 Å². The molecule has 0 aliphatic rings. The molecule has 1 heterocycles. The van der Waals surface area contributed by atoms with E-state index in [4.69, 9.17) is 14.7 Å². The van der Waals surface area contributed by atoms with Crippen LogP contribution < -0.4 is 14.8 Å². The van der Waals surface area contributed by atoms with Crippen LogP contribution in [0.2, 0.25) is 0 Å². The van der Waals surface area contributed by atoms with Crippen LogP contribution in [-0.4, -0.2) is 30.2 Å². The van der Waals surface area contributed by atoms with E-state index in [-0.39, 0.29) is 6.04 Å². The van der Waals surface area contributed by atoms with Gasteiger partial charge in [-0.3, -0.25) is 0 Å². The van der Waals surface area contributed by atoms with Crippen molar-refractivity contribution in [2.24, 2.45) is 0 Å². The molecule has 1 unspecified atom stereocenters. The Hall–Kier alpha value is -1.87. The summed E-state index contributed by atoms with van der Waals surface area (Å²) in [6.45, 7) is 2.54. The number of methoxy groups -OCH3 is 2. The Labute approximate surface area is 107 Å². The minimum Gasteiger partial charge on any atom is -0.481 e. The van der Waals surface area contributed by atoms with Crippen LogP contribution in [0.25, 0.3) is 0 Å². The molecule has 98 valence electrons. The van der Waals surface area contributed by atoms with E-state index in [1.807, 2.05) is 6.92 Å². The van der Waals surface area contributed by atoms with Crippen molar-refractivity contribution in [3.8, 4) is 17.8 Å². The zero-order valence-corrected chi connectivity index (χ0v) is 10.9. The lowest BCUT2D eigenvalue weighted by Gasteiger charge is -2.16. The van der Waals surface area contributed by atoms with Gasteiger partial charge in [-0.1, -0.05) is 6.92 Å². The summed E-state index contributed by atoms with van der Waals surface area (Å²) in [6.07, 6.45) is 2.74. The van der Waals surface area contributed by atoms with E-state index >= 15 is 0 Å². The first kappa shape index (κ1) is 14.2. The molecule has 0 aliphatic carbocycles. The van der Waals surface area contributed by atoms with Gasteiger partial charge in [0.15, 0.2) is 0 Å². The fourth-order valence-corrected chi connectivity index (χ4v) is 1.60. The largest absolute Gasteiger partial charge is 0.481 e. The Bertz CT molecular complexity index is 395. The summed E-state index contributed by atoms with van der Waals surface area (Å²) in [7, 11) is 3.11. The van der Waals surface area contributed by atoms with Crippen molar-refractivity contribution < 1.29 is 9.47 Å². The summed E-state index contributed by atoms with van der Waals surface area (Å²) >= 11 is 0. The van der Waals surface area contributed by atoms with Gasteiger partial charge in [0.2, 0.25) is 11.8 Å². The molecule has 0 aliphatic heterocycles. The van der Waals surface area contributed by atoms with Crippen molar-refractivity contribution in [1.29, 1.82) is 5.26 Å². The molecule has 0 radical (unpaired) electrons. The molecule has 0 saturated heterocycles. The maximum atomic E-state index is 8.70. The Morgan fingerprint density at radius 1 is 1.33 bits per heavy atom. The molecule has 1 aromatic heterocycles. The van der Waals surface area contributed by atoms with E-state index < -0.39 is 0 Å². The van der Waals surface area contributed by atoms with Gasteiger partial charge in [0.1, 0.15) is 6.33 Å². The van der Waals surface area contributed by atoms with Crippen molar-refractivity contribution in [2.45, 2.75) is 32.4 Å². The Balaban J connectivity index is 2.79. The average Bonchev–Trinajstić information content (AvgIpc) is 2.42. The summed E-state index contributed by atoms with van der Waals surface area (Å²) < 4.78 is 10.4. The van der Waals surface area contributed by atoms with Gasteiger partial charge in [-0.15, -0.1) is 0 Å². The number of ether oxygens (including phenoxy) is 2. The fourth-order valence-electron chi connectivity index (χ4n) is 1.60. The molecule has 0 fully saturated rings. The Morgan fingerprint density at radius 3 is 2.39 bits per heavy atom. The average molecular weight is 250 g/mol. The number of nitriles is 1. The predicted molar refractivity (Wildman–Crippen MR) is 66.3 cm³/mol. The van der Waals surface area contributed by atoms with Gasteiger partial charge in [-0.05, 0) is 6.42 Å². The number of nitrogens with one attached hydrogen (secondary N) is 1. The van der Waals surface area contributed by atoms with Crippen molar-refractivity contribution in [3.63, 3.8) is 0 Å². The van der Waals surface area contributed by atoms with Gasteiger partial charge in [-0.2, -0.15) is 5.26 Å². The first-order valence-electron chi connectivity index (χ1n) is 5.78. The second-order valence-corrected chi connectivity index (χ2v) is 3.72. The number of nitrogens with zero attached hydrogens (tertiary/aromatic N) is 3. The molecule has 1 atom stereocenters. The number of rotatable bonds is 7. The molecule has 1 rings (SSSR count). The van der Waals surface area contributed by atoms with Crippen molar-refractivity contribution >= 4 is 0 Å². The molecule has 0 spiro atoms. The van der Waals surface area contributed by atoms with Gasteiger partial charge in [-0.25, -0.2) is 9.97 Å². The van der Waals surface area contributed by atoms with Crippen LogP contribution in [0.1, 0.15) is 25.3 Å². The standard InChI is InChI=1S/C12H18N4O2/c1-4-9(5-6-13)14-7-10-11(17-2)15-8-16-12(10)18-3/h8-9,14H,4-5,7H2,1-3H3. The highest BCUT2D eigenvalue weighted by Gasteiger charge is 2.14. The minimum atomic E-state index is 0.143. The lowest BCUT2D eigenvalue weighted by Crippen LogP contribution is -2.28. The summed E-state index contributed by atoms with van der Waals surface area (Å²) in [5.41, 5.74) is 0.763. The number of hydrogen-bond acceptors (Lipinski definition) is 6. The van der Waals surface area contributed by atoms with E-state index in [1.165, 1.54) is 6.33 Å². The Kier molecular flexibility index (Phi) is 5.88. The van der Waals surface area contributed by atoms with Crippen LogP contribution >= 0.6 is 0 Å². The second-order valence-electron chi connectivity index (χ2n) is 3.72. The highest BCUT2D eigenvalue weighted by atomic mass is 16.5. The molecule has 0 bridgehead atoms. The first-order chi connectivity index (χ1) is 8.76. The molecule has 1 aromatic rings. The Morgan fingerprint density at radius 2 is 1.94 bits per heavy atom. The van der Waals surface area contributed by atoms with Crippen LogP contribution in [0, 0.1) is 11.3 Å². The third-order valence-electron chi connectivity index (χ3n) is 2.65. The molecule has 18 heavy (non-hydrogen) atoms. The van der Waals surface area contributed by atoms with Crippen LogP contribution in [0.15, 0.2) is 6.33 Å². The predicted octanol–water partition coefficient (Wildman–Crippen LogP) is 1.28. The monoisotopic (exact) mass is 250 g/mol. The second kappa shape index (κ2) is 7.45. The minimum absolute atomic E-state index is 0.143. The molecule has 0 aromatic carbocycles. The summed E-state index contributed by atoms with van der Waals surface area (Å²) in [4.78, 5) is 8.07. The van der Waals surface area contributed by atoms with Crippen LogP contribution in [-0.2, 0) is 6.54 Å². The zero-order chi connectivity index (χ0) is 13.4. The van der Waals surface area contributed by atoms with Gasteiger partial charge in [0.05, 0.1) is 32.3 Å². The van der Waals surface area contributed by atoms with E-state index in [0.29, 0.717) is 24.7 Å². The zero-order valence-electron chi connectivity index (χ0n) is 10.9. The summed E-state index contributed by atoms with van der Waals surface area (Å²) in [6, 6.07) is 2.30. The van der Waals surface area contributed by atoms with Gasteiger partial charge < -0.3 is 14.8 Å². The van der Waals surface area contributed by atoms with Crippen LogP contribution in [0.4, 0.5) is 0 Å². The number of hydrogen-bond donors (Lipinski definition) is 1. The van der Waals surface area contributed by atoms with E-state index in [9.17, 15) is 0 Å². The lowest BCUT2D eigenvalue weighted by atomic mass is 10.1. The van der Waals surface area contributed by atoms with Gasteiger partial charge in [0, 0.05) is 12.6 Å². The van der Waals surface area contributed by atoms with E-state index in [0.717, 1.165) is 12.0 Å². The van der Waals surface area contributed by atoms with Crippen LogP contribution in [0.5, 0.6) is 11.8 Å². The van der Waals surface area contributed by atoms with Crippen molar-refractivity contribution in [1.82, 2.24) is 15.3 Å². The molecule has 1 N–H and O–H groups in total. The lowest BCUT2D eigenvalue weighted by molar-refractivity contribution is 0.356. The topological polar surface area (TPSA) is 80.1 Å². The molecule has 6 heteroatoms. The number of aromatic nitrogens is 2. The van der Waals surface area contributed by atoms with Crippen molar-refractivity contribution in [3.05, 3.63) is 11.9 Å². The highest BCUT2D eigenvalue weighted by Crippen LogP contribution is 2.23.